The molecule has 2 aromatic carbocycles. The van der Waals surface area contributed by atoms with E-state index in [4.69, 9.17) is 21.1 Å². The number of halogens is 2. The van der Waals surface area contributed by atoms with E-state index in [9.17, 15) is 9.18 Å². The van der Waals surface area contributed by atoms with Gasteiger partial charge in [0.1, 0.15) is 12.1 Å². The van der Waals surface area contributed by atoms with Crippen LogP contribution in [0.25, 0.3) is 10.9 Å². The highest BCUT2D eigenvalue weighted by Crippen LogP contribution is 2.38. The molecule has 0 radical (unpaired) electrons. The van der Waals surface area contributed by atoms with Gasteiger partial charge in [0.25, 0.3) is 0 Å². The van der Waals surface area contributed by atoms with Gasteiger partial charge in [-0.25, -0.2) is 14.4 Å². The summed E-state index contributed by atoms with van der Waals surface area (Å²) in [6.07, 6.45) is 6.06. The smallest absolute Gasteiger partial charge is 0.237 e. The number of nitrogens with zero attached hydrogens (tertiary/aromatic N) is 3. The summed E-state index contributed by atoms with van der Waals surface area (Å²) in [4.78, 5) is 23.1. The van der Waals surface area contributed by atoms with Crippen molar-refractivity contribution in [3.05, 3.63) is 47.5 Å². The third-order valence-electron chi connectivity index (χ3n) is 7.14. The quantitative estimate of drug-likeness (QED) is 0.474. The lowest BCUT2D eigenvalue weighted by Crippen LogP contribution is -2.60. The fourth-order valence-corrected chi connectivity index (χ4v) is 5.28. The van der Waals surface area contributed by atoms with Crippen LogP contribution in [0.1, 0.15) is 32.1 Å². The van der Waals surface area contributed by atoms with Gasteiger partial charge in [-0.05, 0) is 50.3 Å². The fraction of sp³-hybridized carbons (Fsp3) is 0.423. The van der Waals surface area contributed by atoms with Gasteiger partial charge in [0.15, 0.2) is 17.3 Å². The third kappa shape index (κ3) is 4.77. The first-order valence-electron chi connectivity index (χ1n) is 12.2. The molecule has 3 aromatic rings. The van der Waals surface area contributed by atoms with E-state index in [1.807, 2.05) is 6.07 Å². The van der Waals surface area contributed by atoms with Crippen LogP contribution in [-0.4, -0.2) is 59.7 Å². The molecule has 1 saturated carbocycles. The Bertz CT molecular complexity index is 1270. The highest BCUT2D eigenvalue weighted by atomic mass is 35.5. The molecule has 1 atom stereocenters. The van der Waals surface area contributed by atoms with Gasteiger partial charge in [-0.3, -0.25) is 9.69 Å². The normalized spacial score (nSPS) is 22.1. The van der Waals surface area contributed by atoms with Crippen molar-refractivity contribution in [3.63, 3.8) is 0 Å². The number of anilines is 2. The van der Waals surface area contributed by atoms with Crippen molar-refractivity contribution in [1.82, 2.24) is 20.2 Å². The molecule has 1 aromatic heterocycles. The second-order valence-electron chi connectivity index (χ2n) is 9.17. The topological polar surface area (TPSA) is 88.6 Å². The second kappa shape index (κ2) is 10.4. The number of benzene rings is 2. The van der Waals surface area contributed by atoms with Gasteiger partial charge >= 0.3 is 0 Å². The standard InChI is InChI=1S/C26H29ClFN5O3/c1-29-26(34)21-10-11-33(21)15-6-8-16(9-7-15)36-23-12-17-20(13-22(23)35-2)30-14-31-25(17)32-19-5-3-4-18(27)24(19)28/h3-5,12-16,21H,6-11H2,1-2H3,(H,29,34)(H,30,31,32)/t15-,16-,21-/m1/s1. The van der Waals surface area contributed by atoms with E-state index >= 15 is 0 Å². The number of likely N-dealkylation sites (N-methyl/N-ethyl adjacent to an activating group) is 1. The predicted octanol–water partition coefficient (Wildman–Crippen LogP) is 4.68. The zero-order valence-corrected chi connectivity index (χ0v) is 21.0. The summed E-state index contributed by atoms with van der Waals surface area (Å²) < 4.78 is 26.5. The van der Waals surface area contributed by atoms with E-state index in [0.717, 1.165) is 38.6 Å². The van der Waals surface area contributed by atoms with Crippen LogP contribution in [0.3, 0.4) is 0 Å². The van der Waals surface area contributed by atoms with Gasteiger partial charge in [0.05, 0.1) is 35.5 Å². The molecule has 2 N–H and O–H groups in total. The van der Waals surface area contributed by atoms with E-state index < -0.39 is 5.82 Å². The number of nitrogens with one attached hydrogen (secondary N) is 2. The van der Waals surface area contributed by atoms with Gasteiger partial charge < -0.3 is 20.1 Å². The second-order valence-corrected chi connectivity index (χ2v) is 9.58. The Hall–Kier alpha value is -3.17. The van der Waals surface area contributed by atoms with Crippen LogP contribution in [0.5, 0.6) is 11.5 Å². The van der Waals surface area contributed by atoms with Crippen molar-refractivity contribution in [3.8, 4) is 11.5 Å². The molecule has 5 rings (SSSR count). The molecule has 0 bridgehead atoms. The molecule has 1 aliphatic heterocycles. The molecule has 1 amide bonds. The maximum absolute atomic E-state index is 14.5. The summed E-state index contributed by atoms with van der Waals surface area (Å²) >= 11 is 5.94. The van der Waals surface area contributed by atoms with Crippen LogP contribution in [0.4, 0.5) is 15.9 Å². The SMILES string of the molecule is CNC(=O)[C@H]1CCN1[C@H]1CC[C@H](Oc2cc3c(Nc4cccc(Cl)c4F)ncnc3cc2OC)CC1. The number of methoxy groups -OCH3 is 1. The van der Waals surface area contributed by atoms with Crippen molar-refractivity contribution < 1.29 is 18.7 Å². The van der Waals surface area contributed by atoms with Gasteiger partial charge in [0.2, 0.25) is 5.91 Å². The summed E-state index contributed by atoms with van der Waals surface area (Å²) in [5.74, 6) is 1.16. The minimum absolute atomic E-state index is 0.00620. The number of ether oxygens (including phenoxy) is 2. The van der Waals surface area contributed by atoms with Crippen molar-refractivity contribution in [1.29, 1.82) is 0 Å². The fourth-order valence-electron chi connectivity index (χ4n) is 5.11. The minimum Gasteiger partial charge on any atom is -0.493 e. The number of amides is 1. The van der Waals surface area contributed by atoms with Gasteiger partial charge in [-0.1, -0.05) is 17.7 Å². The Morgan fingerprint density at radius 1 is 1.14 bits per heavy atom. The lowest BCUT2D eigenvalue weighted by atomic mass is 9.87. The number of hydrogen-bond donors (Lipinski definition) is 2. The molecular weight excluding hydrogens is 485 g/mol. The molecule has 2 heterocycles. The Labute approximate surface area is 214 Å². The highest BCUT2D eigenvalue weighted by molar-refractivity contribution is 6.31. The maximum atomic E-state index is 14.5. The van der Waals surface area contributed by atoms with Crippen molar-refractivity contribution in [2.45, 2.75) is 50.3 Å². The molecule has 2 fully saturated rings. The molecule has 1 aliphatic carbocycles. The van der Waals surface area contributed by atoms with Gasteiger partial charge in [-0.15, -0.1) is 0 Å². The van der Waals surface area contributed by atoms with Gasteiger partial charge in [0, 0.05) is 31.1 Å². The zero-order valence-electron chi connectivity index (χ0n) is 20.3. The van der Waals surface area contributed by atoms with Crippen LogP contribution >= 0.6 is 11.6 Å². The maximum Gasteiger partial charge on any atom is 0.237 e. The number of likely N-dealkylation sites (tertiary alicyclic amines) is 1. The lowest BCUT2D eigenvalue weighted by Gasteiger charge is -2.47. The lowest BCUT2D eigenvalue weighted by molar-refractivity contribution is -0.133. The summed E-state index contributed by atoms with van der Waals surface area (Å²) in [7, 11) is 3.29. The van der Waals surface area contributed by atoms with E-state index in [1.165, 1.54) is 12.4 Å². The number of carbonyl (C=O) groups is 1. The molecule has 0 spiro atoms. The van der Waals surface area contributed by atoms with Crippen LogP contribution in [0, 0.1) is 5.82 Å². The Kier molecular flexibility index (Phi) is 7.11. The predicted molar refractivity (Wildman–Crippen MR) is 137 cm³/mol. The minimum atomic E-state index is -0.548. The molecule has 1 saturated heterocycles. The van der Waals surface area contributed by atoms with Gasteiger partial charge in [-0.2, -0.15) is 0 Å². The first-order valence-corrected chi connectivity index (χ1v) is 12.5. The largest absolute Gasteiger partial charge is 0.493 e. The van der Waals surface area contributed by atoms with Crippen LogP contribution in [0.15, 0.2) is 36.7 Å². The van der Waals surface area contributed by atoms with E-state index in [1.54, 1.807) is 32.4 Å². The highest BCUT2D eigenvalue weighted by Gasteiger charge is 2.39. The summed E-state index contributed by atoms with van der Waals surface area (Å²) in [6.45, 7) is 0.968. The Morgan fingerprint density at radius 2 is 1.94 bits per heavy atom. The van der Waals surface area contributed by atoms with E-state index in [2.05, 4.69) is 25.5 Å². The third-order valence-corrected chi connectivity index (χ3v) is 7.43. The van der Waals surface area contributed by atoms with E-state index in [0.29, 0.717) is 34.3 Å². The Balaban J connectivity index is 1.33. The first kappa shape index (κ1) is 24.5. The van der Waals surface area contributed by atoms with Crippen molar-refractivity contribution in [2.75, 3.05) is 26.0 Å². The molecule has 36 heavy (non-hydrogen) atoms. The first-order chi connectivity index (χ1) is 17.5. The summed E-state index contributed by atoms with van der Waals surface area (Å²) in [5.41, 5.74) is 0.862. The number of aromatic nitrogens is 2. The van der Waals surface area contributed by atoms with Crippen LogP contribution in [0.2, 0.25) is 5.02 Å². The zero-order chi connectivity index (χ0) is 25.2. The number of hydrogen-bond acceptors (Lipinski definition) is 7. The van der Waals surface area contributed by atoms with Crippen LogP contribution < -0.4 is 20.1 Å². The summed E-state index contributed by atoms with van der Waals surface area (Å²) in [6, 6.07) is 8.79. The monoisotopic (exact) mass is 513 g/mol. The van der Waals surface area contributed by atoms with Crippen molar-refractivity contribution >= 4 is 39.9 Å². The molecule has 190 valence electrons. The van der Waals surface area contributed by atoms with Crippen molar-refractivity contribution in [2.24, 2.45) is 0 Å². The molecule has 0 unspecified atom stereocenters. The number of rotatable bonds is 7. The average Bonchev–Trinajstić information content (AvgIpc) is 2.87. The Morgan fingerprint density at radius 3 is 2.64 bits per heavy atom. The summed E-state index contributed by atoms with van der Waals surface area (Å²) in [5, 5.41) is 6.50. The number of fused-ring (bicyclic) bond motifs is 1. The molecule has 2 aliphatic rings. The molecular formula is C26H29ClFN5O3. The number of carbonyl (C=O) groups excluding carboxylic acids is 1. The average molecular weight is 514 g/mol. The van der Waals surface area contributed by atoms with Crippen LogP contribution in [-0.2, 0) is 4.79 Å². The molecule has 8 nitrogen and oxygen atoms in total. The van der Waals surface area contributed by atoms with E-state index in [-0.39, 0.29) is 28.8 Å². The molecule has 10 heteroatoms.